The van der Waals surface area contributed by atoms with E-state index in [-0.39, 0.29) is 5.82 Å². The van der Waals surface area contributed by atoms with Crippen molar-refractivity contribution in [2.45, 2.75) is 12.0 Å². The van der Waals surface area contributed by atoms with Crippen molar-refractivity contribution in [1.29, 1.82) is 0 Å². The van der Waals surface area contributed by atoms with Gasteiger partial charge in [0.25, 0.3) is 0 Å². The van der Waals surface area contributed by atoms with E-state index in [1.54, 1.807) is 12.3 Å². The molecule has 0 unspecified atom stereocenters. The zero-order chi connectivity index (χ0) is 11.2. The summed E-state index contributed by atoms with van der Waals surface area (Å²) in [5.74, 6) is -0.232. The maximum atomic E-state index is 13.7. The molecule has 0 saturated carbocycles. The number of aromatic nitrogens is 1. The van der Waals surface area contributed by atoms with Gasteiger partial charge in [-0.2, -0.15) is 0 Å². The summed E-state index contributed by atoms with van der Waals surface area (Å²) in [6.07, 6.45) is 2.27. The van der Waals surface area contributed by atoms with E-state index >= 15 is 0 Å². The zero-order valence-corrected chi connectivity index (χ0v) is 8.76. The first-order valence-corrected chi connectivity index (χ1v) is 5.36. The summed E-state index contributed by atoms with van der Waals surface area (Å²) in [6.45, 7) is 1.16. The number of fused-ring (bicyclic) bond motifs is 1. The van der Waals surface area contributed by atoms with E-state index in [1.807, 2.05) is 6.07 Å². The minimum atomic E-state index is -0.711. The van der Waals surface area contributed by atoms with Crippen LogP contribution in [-0.4, -0.2) is 28.8 Å². The molecule has 16 heavy (non-hydrogen) atoms. The van der Waals surface area contributed by atoms with Crippen LogP contribution in [0.1, 0.15) is 5.56 Å². The fourth-order valence-corrected chi connectivity index (χ4v) is 2.24. The van der Waals surface area contributed by atoms with E-state index in [4.69, 9.17) is 0 Å². The molecule has 4 heteroatoms. The number of β-amino-alcohol motifs (C(OH)–C–C–N with tert-alkyl or cyclic N) is 1. The van der Waals surface area contributed by atoms with Crippen LogP contribution >= 0.6 is 0 Å². The molecule has 0 atom stereocenters. The molecule has 0 amide bonds. The van der Waals surface area contributed by atoms with Crippen LogP contribution in [0, 0.1) is 5.82 Å². The van der Waals surface area contributed by atoms with Crippen molar-refractivity contribution < 1.29 is 9.50 Å². The Labute approximate surface area is 92.3 Å². The number of aliphatic hydroxyl groups is 1. The molecule has 2 heterocycles. The van der Waals surface area contributed by atoms with Crippen molar-refractivity contribution >= 4 is 10.9 Å². The maximum absolute atomic E-state index is 13.7. The molecular weight excluding hydrogens is 207 g/mol. The van der Waals surface area contributed by atoms with Gasteiger partial charge in [0.2, 0.25) is 0 Å². The Morgan fingerprint density at radius 3 is 2.88 bits per heavy atom. The highest BCUT2D eigenvalue weighted by Crippen LogP contribution is 2.26. The summed E-state index contributed by atoms with van der Waals surface area (Å²) in [6, 6.07) is 4.96. The highest BCUT2D eigenvalue weighted by molar-refractivity contribution is 5.83. The van der Waals surface area contributed by atoms with Crippen molar-refractivity contribution in [1.82, 2.24) is 10.3 Å². The lowest BCUT2D eigenvalue weighted by Gasteiger charge is -2.37. The summed E-state index contributed by atoms with van der Waals surface area (Å²) in [5.41, 5.74) is 0.917. The Morgan fingerprint density at radius 1 is 1.38 bits per heavy atom. The number of hydrogen-bond acceptors (Lipinski definition) is 2. The predicted octanol–water partition coefficient (Wildman–Crippen LogP) is 1.18. The second-order valence-corrected chi connectivity index (χ2v) is 4.48. The number of H-pyrrole nitrogens is 1. The van der Waals surface area contributed by atoms with Gasteiger partial charge in [0.05, 0.1) is 5.60 Å². The van der Waals surface area contributed by atoms with Gasteiger partial charge in [-0.05, 0) is 17.7 Å². The van der Waals surface area contributed by atoms with Crippen molar-refractivity contribution in [3.05, 3.63) is 35.8 Å². The van der Waals surface area contributed by atoms with Crippen LogP contribution in [0.25, 0.3) is 10.9 Å². The van der Waals surface area contributed by atoms with Crippen molar-refractivity contribution in [3.63, 3.8) is 0 Å². The third-order valence-electron chi connectivity index (χ3n) is 3.16. The van der Waals surface area contributed by atoms with Gasteiger partial charge in [-0.25, -0.2) is 4.39 Å². The van der Waals surface area contributed by atoms with Gasteiger partial charge in [0.15, 0.2) is 0 Å². The molecule has 3 N–H and O–H groups in total. The van der Waals surface area contributed by atoms with Crippen LogP contribution in [0.3, 0.4) is 0 Å². The average Bonchev–Trinajstić information content (AvgIpc) is 2.61. The third kappa shape index (κ3) is 1.42. The first kappa shape index (κ1) is 9.81. The van der Waals surface area contributed by atoms with Gasteiger partial charge < -0.3 is 15.4 Å². The fraction of sp³-hybridized carbons (Fsp3) is 0.333. The molecule has 84 valence electrons. The minimum Gasteiger partial charge on any atom is -0.387 e. The van der Waals surface area contributed by atoms with Crippen LogP contribution in [0.15, 0.2) is 24.4 Å². The molecule has 2 aromatic rings. The highest BCUT2D eigenvalue weighted by Gasteiger charge is 2.35. The number of rotatable bonds is 2. The molecule has 0 bridgehead atoms. The van der Waals surface area contributed by atoms with Crippen LogP contribution in [-0.2, 0) is 6.42 Å². The number of aromatic amines is 1. The molecule has 0 spiro atoms. The molecule has 1 fully saturated rings. The monoisotopic (exact) mass is 220 g/mol. The Hall–Kier alpha value is -1.39. The molecule has 0 radical (unpaired) electrons. The Morgan fingerprint density at radius 2 is 2.19 bits per heavy atom. The summed E-state index contributed by atoms with van der Waals surface area (Å²) < 4.78 is 13.7. The molecule has 1 saturated heterocycles. The van der Waals surface area contributed by atoms with Crippen LogP contribution in [0.4, 0.5) is 4.39 Å². The van der Waals surface area contributed by atoms with Crippen molar-refractivity contribution in [2.24, 2.45) is 0 Å². The highest BCUT2D eigenvalue weighted by atomic mass is 19.1. The lowest BCUT2D eigenvalue weighted by Crippen LogP contribution is -2.60. The second-order valence-electron chi connectivity index (χ2n) is 4.48. The zero-order valence-electron chi connectivity index (χ0n) is 8.76. The van der Waals surface area contributed by atoms with Crippen LogP contribution in [0.5, 0.6) is 0 Å². The third-order valence-corrected chi connectivity index (χ3v) is 3.16. The number of halogens is 1. The Bertz CT molecular complexity index is 531. The molecule has 1 aromatic heterocycles. The van der Waals surface area contributed by atoms with Gasteiger partial charge in [-0.3, -0.25) is 0 Å². The predicted molar refractivity (Wildman–Crippen MR) is 59.8 cm³/mol. The molecule has 1 aliphatic heterocycles. The second kappa shape index (κ2) is 3.30. The first-order valence-electron chi connectivity index (χ1n) is 5.36. The lowest BCUT2D eigenvalue weighted by atomic mass is 9.89. The number of benzene rings is 1. The minimum absolute atomic E-state index is 0.232. The fourth-order valence-electron chi connectivity index (χ4n) is 2.24. The standard InChI is InChI=1S/C12H13FN2O/c13-9-2-1-3-10-11(9)8(5-15-10)4-12(16)6-14-7-12/h1-3,5,14-16H,4,6-7H2. The van der Waals surface area contributed by atoms with E-state index in [0.29, 0.717) is 24.9 Å². The average molecular weight is 220 g/mol. The van der Waals surface area contributed by atoms with Crippen molar-refractivity contribution in [3.8, 4) is 0 Å². The van der Waals surface area contributed by atoms with E-state index < -0.39 is 5.60 Å². The smallest absolute Gasteiger partial charge is 0.132 e. The maximum Gasteiger partial charge on any atom is 0.132 e. The van der Waals surface area contributed by atoms with Gasteiger partial charge in [-0.1, -0.05) is 6.07 Å². The van der Waals surface area contributed by atoms with Crippen molar-refractivity contribution in [2.75, 3.05) is 13.1 Å². The van der Waals surface area contributed by atoms with E-state index in [9.17, 15) is 9.50 Å². The van der Waals surface area contributed by atoms with Gasteiger partial charge >= 0.3 is 0 Å². The van der Waals surface area contributed by atoms with E-state index in [2.05, 4.69) is 10.3 Å². The van der Waals surface area contributed by atoms with Gasteiger partial charge in [0.1, 0.15) is 5.82 Å². The summed E-state index contributed by atoms with van der Waals surface area (Å²) in [7, 11) is 0. The quantitative estimate of drug-likeness (QED) is 0.712. The largest absolute Gasteiger partial charge is 0.387 e. The molecule has 1 aliphatic rings. The Balaban J connectivity index is 2.03. The molecule has 3 nitrogen and oxygen atoms in total. The molecule has 0 aliphatic carbocycles. The first-order chi connectivity index (χ1) is 7.68. The summed E-state index contributed by atoms with van der Waals surface area (Å²) in [4.78, 5) is 3.03. The normalized spacial score (nSPS) is 18.6. The SMILES string of the molecule is OC1(Cc2c[nH]c3cccc(F)c23)CNC1. The van der Waals surface area contributed by atoms with Crippen LogP contribution in [0.2, 0.25) is 0 Å². The summed E-state index contributed by atoms with van der Waals surface area (Å²) in [5, 5.41) is 13.7. The van der Waals surface area contributed by atoms with Gasteiger partial charge in [-0.15, -0.1) is 0 Å². The Kier molecular flexibility index (Phi) is 2.02. The van der Waals surface area contributed by atoms with E-state index in [0.717, 1.165) is 11.1 Å². The molecule has 1 aromatic carbocycles. The van der Waals surface area contributed by atoms with Crippen LogP contribution < -0.4 is 5.32 Å². The van der Waals surface area contributed by atoms with E-state index in [1.165, 1.54) is 6.07 Å². The summed E-state index contributed by atoms with van der Waals surface area (Å²) >= 11 is 0. The molecular formula is C12H13FN2O. The number of hydrogen-bond donors (Lipinski definition) is 3. The number of nitrogens with one attached hydrogen (secondary N) is 2. The lowest BCUT2D eigenvalue weighted by molar-refractivity contribution is -0.00876. The topological polar surface area (TPSA) is 48.0 Å². The van der Waals surface area contributed by atoms with Gasteiger partial charge in [0, 0.05) is 36.6 Å². The molecule has 3 rings (SSSR count).